The molecule has 0 spiro atoms. The summed E-state index contributed by atoms with van der Waals surface area (Å²) in [7, 11) is 0. The highest BCUT2D eigenvalue weighted by molar-refractivity contribution is 8.00. The number of hydrogen-bond acceptors (Lipinski definition) is 4. The second-order valence-corrected chi connectivity index (χ2v) is 6.24. The lowest BCUT2D eigenvalue weighted by Crippen LogP contribution is -2.30. The van der Waals surface area contributed by atoms with Gasteiger partial charge in [0, 0.05) is 4.90 Å². The van der Waals surface area contributed by atoms with E-state index in [-0.39, 0.29) is 5.75 Å². The van der Waals surface area contributed by atoms with E-state index in [4.69, 9.17) is 16.3 Å². The molecule has 24 heavy (non-hydrogen) atoms. The van der Waals surface area contributed by atoms with Crippen LogP contribution in [-0.2, 0) is 14.3 Å². The number of rotatable bonds is 6. The van der Waals surface area contributed by atoms with E-state index in [0.717, 1.165) is 11.8 Å². The molecule has 2 rings (SSSR count). The number of benzene rings is 2. The Morgan fingerprint density at radius 2 is 1.88 bits per heavy atom. The van der Waals surface area contributed by atoms with Crippen LogP contribution < -0.4 is 5.32 Å². The summed E-state index contributed by atoms with van der Waals surface area (Å²) in [4.78, 5) is 24.2. The lowest BCUT2D eigenvalue weighted by molar-refractivity contribution is -0.150. The fraction of sp³-hybridized carbons (Fsp3) is 0.176. The number of carbonyl (C=O) groups excluding carboxylic acids is 2. The van der Waals surface area contributed by atoms with E-state index in [9.17, 15) is 14.0 Å². The van der Waals surface area contributed by atoms with Crippen LogP contribution in [0.25, 0.3) is 0 Å². The lowest BCUT2D eigenvalue weighted by Gasteiger charge is -2.14. The van der Waals surface area contributed by atoms with Crippen molar-refractivity contribution >= 4 is 40.9 Å². The van der Waals surface area contributed by atoms with Crippen molar-refractivity contribution in [2.75, 3.05) is 11.1 Å². The predicted octanol–water partition coefficient (Wildman–Crippen LogP) is 4.14. The van der Waals surface area contributed by atoms with Crippen LogP contribution in [0.2, 0.25) is 5.02 Å². The van der Waals surface area contributed by atoms with Crippen molar-refractivity contribution in [1.82, 2.24) is 0 Å². The molecule has 1 amide bonds. The molecule has 0 bridgehead atoms. The maximum Gasteiger partial charge on any atom is 0.317 e. The van der Waals surface area contributed by atoms with Crippen LogP contribution >= 0.6 is 23.4 Å². The number of ether oxygens (including phenoxy) is 1. The van der Waals surface area contributed by atoms with Crippen LogP contribution in [0.5, 0.6) is 0 Å². The number of thioether (sulfide) groups is 1. The molecule has 0 fully saturated rings. The van der Waals surface area contributed by atoms with Crippen LogP contribution in [-0.4, -0.2) is 23.7 Å². The second kappa shape index (κ2) is 8.70. The van der Waals surface area contributed by atoms with Crippen LogP contribution in [0.1, 0.15) is 6.92 Å². The van der Waals surface area contributed by atoms with Crippen molar-refractivity contribution in [3.63, 3.8) is 0 Å². The van der Waals surface area contributed by atoms with Gasteiger partial charge in [0.05, 0.1) is 16.5 Å². The molecule has 0 aliphatic carbocycles. The summed E-state index contributed by atoms with van der Waals surface area (Å²) in [6, 6.07) is 12.9. The molecule has 1 N–H and O–H groups in total. The molecule has 0 aliphatic rings. The van der Waals surface area contributed by atoms with Crippen molar-refractivity contribution in [2.24, 2.45) is 0 Å². The van der Waals surface area contributed by atoms with E-state index in [2.05, 4.69) is 5.32 Å². The van der Waals surface area contributed by atoms with Gasteiger partial charge in [-0.3, -0.25) is 9.59 Å². The van der Waals surface area contributed by atoms with E-state index >= 15 is 0 Å². The van der Waals surface area contributed by atoms with Gasteiger partial charge in [-0.15, -0.1) is 11.8 Å². The lowest BCUT2D eigenvalue weighted by atomic mass is 10.3. The first-order chi connectivity index (χ1) is 11.5. The van der Waals surface area contributed by atoms with Gasteiger partial charge < -0.3 is 10.1 Å². The minimum atomic E-state index is -0.991. The highest BCUT2D eigenvalue weighted by atomic mass is 35.5. The summed E-state index contributed by atoms with van der Waals surface area (Å²) in [6.07, 6.45) is -0.991. The van der Waals surface area contributed by atoms with Crippen LogP contribution in [0.3, 0.4) is 0 Å². The first-order valence-electron chi connectivity index (χ1n) is 7.09. The van der Waals surface area contributed by atoms with Crippen molar-refractivity contribution in [3.8, 4) is 0 Å². The zero-order valence-electron chi connectivity index (χ0n) is 12.8. The third-order valence-electron chi connectivity index (χ3n) is 2.99. The summed E-state index contributed by atoms with van der Waals surface area (Å²) in [6.45, 7) is 1.46. The number of para-hydroxylation sites is 1. The van der Waals surface area contributed by atoms with Gasteiger partial charge in [-0.1, -0.05) is 35.9 Å². The zero-order valence-corrected chi connectivity index (χ0v) is 14.4. The molecule has 0 saturated heterocycles. The molecule has 7 heteroatoms. The third-order valence-corrected chi connectivity index (χ3v) is 4.34. The minimum absolute atomic E-state index is 0.0926. The van der Waals surface area contributed by atoms with Gasteiger partial charge >= 0.3 is 5.97 Å². The Labute approximate surface area is 148 Å². The van der Waals surface area contributed by atoms with E-state index < -0.39 is 23.8 Å². The number of nitrogens with one attached hydrogen (secondary N) is 1. The summed E-state index contributed by atoms with van der Waals surface area (Å²) in [5.41, 5.74) is 0.438. The smallest absolute Gasteiger partial charge is 0.317 e. The van der Waals surface area contributed by atoms with Gasteiger partial charge in [-0.25, -0.2) is 4.39 Å². The predicted molar refractivity (Wildman–Crippen MR) is 92.8 cm³/mol. The quantitative estimate of drug-likeness (QED) is 0.615. The highest BCUT2D eigenvalue weighted by Gasteiger charge is 2.19. The fourth-order valence-electron chi connectivity index (χ4n) is 1.78. The zero-order chi connectivity index (χ0) is 17.5. The molecule has 0 aliphatic heterocycles. The molecule has 4 nitrogen and oxygen atoms in total. The Balaban J connectivity index is 1.84. The molecule has 0 heterocycles. The number of anilines is 1. The summed E-state index contributed by atoms with van der Waals surface area (Å²) in [5, 5.41) is 2.97. The van der Waals surface area contributed by atoms with Gasteiger partial charge in [-0.2, -0.15) is 0 Å². The van der Waals surface area contributed by atoms with Crippen molar-refractivity contribution in [2.45, 2.75) is 17.9 Å². The van der Waals surface area contributed by atoms with E-state index in [1.807, 2.05) is 0 Å². The van der Waals surface area contributed by atoms with Gasteiger partial charge in [0.1, 0.15) is 5.82 Å². The number of halogens is 2. The molecule has 126 valence electrons. The minimum Gasteiger partial charge on any atom is -0.452 e. The normalized spacial score (nSPS) is 11.6. The monoisotopic (exact) mass is 367 g/mol. The standard InChI is InChI=1S/C17H15ClFNO3S/c1-11(17(22)20-14-8-4-2-6-12(14)18)23-16(21)10-24-15-9-5-3-7-13(15)19/h2-9,11H,10H2,1H3,(H,20,22)/t11-/m1/s1. The molecule has 0 aromatic heterocycles. The second-order valence-electron chi connectivity index (χ2n) is 4.82. The topological polar surface area (TPSA) is 55.4 Å². The average molecular weight is 368 g/mol. The molecular weight excluding hydrogens is 353 g/mol. The fourth-order valence-corrected chi connectivity index (χ4v) is 2.69. The first-order valence-corrected chi connectivity index (χ1v) is 8.46. The number of esters is 1. The molecule has 0 radical (unpaired) electrons. The Morgan fingerprint density at radius 1 is 1.21 bits per heavy atom. The summed E-state index contributed by atoms with van der Waals surface area (Å²) < 4.78 is 18.5. The largest absolute Gasteiger partial charge is 0.452 e. The average Bonchev–Trinajstić information content (AvgIpc) is 2.56. The van der Waals surface area contributed by atoms with Crippen molar-refractivity contribution in [1.29, 1.82) is 0 Å². The molecule has 2 aromatic carbocycles. The van der Waals surface area contributed by atoms with E-state index in [1.165, 1.54) is 13.0 Å². The van der Waals surface area contributed by atoms with Gasteiger partial charge in [0.15, 0.2) is 6.10 Å². The maximum atomic E-state index is 13.5. The van der Waals surface area contributed by atoms with Crippen LogP contribution in [0, 0.1) is 5.82 Å². The number of amides is 1. The Morgan fingerprint density at radius 3 is 2.58 bits per heavy atom. The number of carbonyl (C=O) groups is 2. The molecule has 1 atom stereocenters. The van der Waals surface area contributed by atoms with E-state index in [1.54, 1.807) is 42.5 Å². The van der Waals surface area contributed by atoms with Crippen molar-refractivity contribution in [3.05, 3.63) is 59.4 Å². The molecule has 2 aromatic rings. The first kappa shape index (κ1) is 18.3. The SMILES string of the molecule is C[C@@H](OC(=O)CSc1ccccc1F)C(=O)Nc1ccccc1Cl. The Hall–Kier alpha value is -2.05. The van der Waals surface area contributed by atoms with Gasteiger partial charge in [-0.05, 0) is 31.2 Å². The van der Waals surface area contributed by atoms with Gasteiger partial charge in [0.2, 0.25) is 0 Å². The molecule has 0 saturated carbocycles. The van der Waals surface area contributed by atoms with Crippen LogP contribution in [0.15, 0.2) is 53.4 Å². The summed E-state index contributed by atoms with van der Waals surface area (Å²) in [5.74, 6) is -1.60. The molecule has 0 unspecified atom stereocenters. The highest BCUT2D eigenvalue weighted by Crippen LogP contribution is 2.22. The Bertz CT molecular complexity index is 741. The Kier molecular flexibility index (Phi) is 6.63. The van der Waals surface area contributed by atoms with E-state index in [0.29, 0.717) is 15.6 Å². The molecular formula is C17H15ClFNO3S. The van der Waals surface area contributed by atoms with Gasteiger partial charge in [0.25, 0.3) is 5.91 Å². The summed E-state index contributed by atoms with van der Waals surface area (Å²) >= 11 is 6.96. The van der Waals surface area contributed by atoms with Crippen LogP contribution in [0.4, 0.5) is 10.1 Å². The third kappa shape index (κ3) is 5.25. The maximum absolute atomic E-state index is 13.5. The van der Waals surface area contributed by atoms with Crippen molar-refractivity contribution < 1.29 is 18.7 Å². The number of hydrogen-bond donors (Lipinski definition) is 1.